The largest absolute Gasteiger partial charge is 0.497 e. The highest BCUT2D eigenvalue weighted by atomic mass is 16.5. The van der Waals surface area contributed by atoms with Crippen LogP contribution in [-0.2, 0) is 20.9 Å². The summed E-state index contributed by atoms with van der Waals surface area (Å²) in [6.45, 7) is -0.0371. The van der Waals surface area contributed by atoms with Gasteiger partial charge in [0.25, 0.3) is 5.91 Å². The summed E-state index contributed by atoms with van der Waals surface area (Å²) in [5, 5.41) is 11.0. The molecule has 29 heavy (non-hydrogen) atoms. The lowest BCUT2D eigenvalue weighted by molar-refractivity contribution is -0.133. The van der Waals surface area contributed by atoms with Gasteiger partial charge in [0.2, 0.25) is 5.91 Å². The van der Waals surface area contributed by atoms with Crippen LogP contribution < -0.4 is 10.1 Å². The molecule has 8 heteroatoms. The minimum absolute atomic E-state index is 0.242. The van der Waals surface area contributed by atoms with Crippen molar-refractivity contribution >= 4 is 23.5 Å². The van der Waals surface area contributed by atoms with Crippen molar-refractivity contribution in [3.8, 4) is 11.8 Å². The smallest absolute Gasteiger partial charge is 0.338 e. The number of methoxy groups -OCH3 is 1. The number of ether oxygens (including phenoxy) is 2. The number of nitriles is 1. The Labute approximate surface area is 168 Å². The van der Waals surface area contributed by atoms with Gasteiger partial charge in [-0.05, 0) is 42.0 Å². The van der Waals surface area contributed by atoms with Crippen LogP contribution in [0.4, 0.5) is 5.69 Å². The minimum Gasteiger partial charge on any atom is -0.497 e. The van der Waals surface area contributed by atoms with Gasteiger partial charge in [-0.25, -0.2) is 4.79 Å². The second kappa shape index (κ2) is 10.5. The second-order valence-electron chi connectivity index (χ2n) is 6.14. The Balaban J connectivity index is 1.85. The first-order valence-corrected chi connectivity index (χ1v) is 8.74. The predicted octanol–water partition coefficient (Wildman–Crippen LogP) is 2.36. The molecule has 2 aromatic rings. The van der Waals surface area contributed by atoms with Crippen molar-refractivity contribution in [3.63, 3.8) is 0 Å². The Kier molecular flexibility index (Phi) is 7.74. The van der Waals surface area contributed by atoms with Crippen LogP contribution in [0.5, 0.6) is 5.75 Å². The summed E-state index contributed by atoms with van der Waals surface area (Å²) in [5.74, 6) is -0.737. The Bertz CT molecular complexity index is 919. The van der Waals surface area contributed by atoms with Crippen LogP contribution in [0, 0.1) is 11.3 Å². The third kappa shape index (κ3) is 6.66. The van der Waals surface area contributed by atoms with E-state index < -0.39 is 11.9 Å². The number of benzene rings is 2. The molecule has 0 aliphatic rings. The summed E-state index contributed by atoms with van der Waals surface area (Å²) >= 11 is 0. The van der Waals surface area contributed by atoms with Crippen molar-refractivity contribution < 1.29 is 23.9 Å². The molecule has 1 N–H and O–H groups in total. The fraction of sp³-hybridized carbons (Fsp3) is 0.238. The van der Waals surface area contributed by atoms with E-state index in [1.54, 1.807) is 20.2 Å². The zero-order chi connectivity index (χ0) is 21.2. The number of esters is 1. The van der Waals surface area contributed by atoms with Gasteiger partial charge in [-0.2, -0.15) is 5.26 Å². The highest BCUT2D eigenvalue weighted by Crippen LogP contribution is 2.14. The third-order valence-electron chi connectivity index (χ3n) is 3.95. The standard InChI is InChI=1S/C21H21N3O5/c1-24(13-15-4-3-5-18(12-15)28-2)20(26)14-29-21(27)16-6-8-17(9-7-16)23-19(25)10-11-22/h3-9,12H,10,13-14H2,1-2H3,(H,23,25). The number of likely N-dealkylation sites (N-methyl/N-ethyl adjacent to an activating group) is 1. The maximum Gasteiger partial charge on any atom is 0.338 e. The molecule has 2 amide bonds. The topological polar surface area (TPSA) is 109 Å². The molecule has 2 aromatic carbocycles. The summed E-state index contributed by atoms with van der Waals surface area (Å²) in [6, 6.07) is 15.1. The normalized spacial score (nSPS) is 9.83. The van der Waals surface area contributed by atoms with Gasteiger partial charge < -0.3 is 19.7 Å². The molecule has 0 spiro atoms. The van der Waals surface area contributed by atoms with Crippen molar-refractivity contribution in [2.75, 3.05) is 26.1 Å². The van der Waals surface area contributed by atoms with Gasteiger partial charge >= 0.3 is 5.97 Å². The van der Waals surface area contributed by atoms with Crippen LogP contribution in [0.25, 0.3) is 0 Å². The number of anilines is 1. The highest BCUT2D eigenvalue weighted by molar-refractivity contribution is 5.94. The highest BCUT2D eigenvalue weighted by Gasteiger charge is 2.14. The third-order valence-corrected chi connectivity index (χ3v) is 3.95. The summed E-state index contributed by atoms with van der Waals surface area (Å²) in [4.78, 5) is 37.1. The van der Waals surface area contributed by atoms with Crippen LogP contribution in [0.15, 0.2) is 48.5 Å². The lowest BCUT2D eigenvalue weighted by Gasteiger charge is -2.17. The molecule has 0 aliphatic carbocycles. The van der Waals surface area contributed by atoms with E-state index in [-0.39, 0.29) is 24.5 Å². The molecular weight excluding hydrogens is 374 g/mol. The lowest BCUT2D eigenvalue weighted by atomic mass is 10.2. The zero-order valence-corrected chi connectivity index (χ0v) is 16.2. The molecule has 0 saturated carbocycles. The van der Waals surface area contributed by atoms with E-state index in [9.17, 15) is 14.4 Å². The van der Waals surface area contributed by atoms with Gasteiger partial charge in [-0.3, -0.25) is 9.59 Å². The van der Waals surface area contributed by atoms with Crippen molar-refractivity contribution in [3.05, 3.63) is 59.7 Å². The van der Waals surface area contributed by atoms with Crippen molar-refractivity contribution in [1.29, 1.82) is 5.26 Å². The van der Waals surface area contributed by atoms with Gasteiger partial charge in [0.15, 0.2) is 6.61 Å². The van der Waals surface area contributed by atoms with E-state index in [1.807, 2.05) is 24.3 Å². The molecule has 0 fully saturated rings. The molecule has 0 radical (unpaired) electrons. The molecule has 0 atom stereocenters. The Morgan fingerprint density at radius 3 is 2.52 bits per heavy atom. The van der Waals surface area contributed by atoms with Gasteiger partial charge in [0, 0.05) is 19.3 Å². The number of carbonyl (C=O) groups is 3. The van der Waals surface area contributed by atoms with Crippen molar-refractivity contribution in [2.24, 2.45) is 0 Å². The van der Waals surface area contributed by atoms with Crippen LogP contribution >= 0.6 is 0 Å². The van der Waals surface area contributed by atoms with E-state index in [2.05, 4.69) is 5.32 Å². The zero-order valence-electron chi connectivity index (χ0n) is 16.2. The van der Waals surface area contributed by atoms with Gasteiger partial charge in [0.1, 0.15) is 12.2 Å². The average Bonchev–Trinajstić information content (AvgIpc) is 2.72. The van der Waals surface area contributed by atoms with Crippen molar-refractivity contribution in [2.45, 2.75) is 13.0 Å². The van der Waals surface area contributed by atoms with Gasteiger partial charge in [-0.1, -0.05) is 12.1 Å². The lowest BCUT2D eigenvalue weighted by Crippen LogP contribution is -2.30. The van der Waals surface area contributed by atoms with E-state index in [4.69, 9.17) is 14.7 Å². The summed E-state index contributed by atoms with van der Waals surface area (Å²) < 4.78 is 10.2. The van der Waals surface area contributed by atoms with E-state index in [0.717, 1.165) is 5.56 Å². The summed E-state index contributed by atoms with van der Waals surface area (Å²) in [7, 11) is 3.19. The predicted molar refractivity (Wildman–Crippen MR) is 105 cm³/mol. The van der Waals surface area contributed by atoms with Crippen LogP contribution in [0.3, 0.4) is 0 Å². The number of amides is 2. The average molecular weight is 395 g/mol. The van der Waals surface area contributed by atoms with E-state index in [1.165, 1.54) is 29.2 Å². The number of hydrogen-bond acceptors (Lipinski definition) is 6. The number of carbonyl (C=O) groups excluding carboxylic acids is 3. The van der Waals surface area contributed by atoms with Crippen LogP contribution in [0.2, 0.25) is 0 Å². The van der Waals surface area contributed by atoms with E-state index >= 15 is 0 Å². The molecule has 0 bridgehead atoms. The fourth-order valence-corrected chi connectivity index (χ4v) is 2.42. The second-order valence-corrected chi connectivity index (χ2v) is 6.14. The fourth-order valence-electron chi connectivity index (χ4n) is 2.42. The Morgan fingerprint density at radius 1 is 1.14 bits per heavy atom. The Morgan fingerprint density at radius 2 is 1.86 bits per heavy atom. The molecule has 0 aromatic heterocycles. The first-order valence-electron chi connectivity index (χ1n) is 8.74. The van der Waals surface area contributed by atoms with E-state index in [0.29, 0.717) is 18.0 Å². The first kappa shape index (κ1) is 21.4. The summed E-state index contributed by atoms with van der Waals surface area (Å²) in [5.41, 5.74) is 1.59. The molecule has 150 valence electrons. The van der Waals surface area contributed by atoms with Gasteiger partial charge in [-0.15, -0.1) is 0 Å². The molecule has 0 unspecified atom stereocenters. The number of nitrogens with one attached hydrogen (secondary N) is 1. The van der Waals surface area contributed by atoms with Crippen LogP contribution in [-0.4, -0.2) is 43.4 Å². The SMILES string of the molecule is COc1cccc(CN(C)C(=O)COC(=O)c2ccc(NC(=O)CC#N)cc2)c1. The molecule has 8 nitrogen and oxygen atoms in total. The Hall–Kier alpha value is -3.86. The number of rotatable bonds is 8. The number of hydrogen-bond donors (Lipinski definition) is 1. The number of nitrogens with zero attached hydrogens (tertiary/aromatic N) is 2. The molecule has 0 aliphatic heterocycles. The maximum atomic E-state index is 12.2. The quantitative estimate of drug-likeness (QED) is 0.688. The molecule has 0 heterocycles. The molecular formula is C21H21N3O5. The van der Waals surface area contributed by atoms with Crippen molar-refractivity contribution in [1.82, 2.24) is 4.90 Å². The summed E-state index contributed by atoms with van der Waals surface area (Å²) in [6.07, 6.45) is -0.255. The monoisotopic (exact) mass is 395 g/mol. The molecule has 2 rings (SSSR count). The molecule has 0 saturated heterocycles. The van der Waals surface area contributed by atoms with Crippen LogP contribution in [0.1, 0.15) is 22.3 Å². The minimum atomic E-state index is -0.650. The van der Waals surface area contributed by atoms with Gasteiger partial charge in [0.05, 0.1) is 18.7 Å². The maximum absolute atomic E-state index is 12.2. The first-order chi connectivity index (χ1) is 13.9.